The minimum atomic E-state index is -3.48. The van der Waals surface area contributed by atoms with E-state index in [0.717, 1.165) is 0 Å². The minimum Gasteiger partial charge on any atom is -0.484 e. The lowest BCUT2D eigenvalue weighted by Gasteiger charge is -2.32. The average molecular weight is 415 g/mol. The van der Waals surface area contributed by atoms with Crippen molar-refractivity contribution in [2.45, 2.75) is 23.1 Å². The molecular formula is C17H19ClN2O4S2. The number of carbonyl (C=O) groups excluding carboxylic acids is 1. The van der Waals surface area contributed by atoms with Crippen LogP contribution >= 0.6 is 22.9 Å². The van der Waals surface area contributed by atoms with E-state index in [4.69, 9.17) is 16.3 Å². The maximum absolute atomic E-state index is 12.3. The first-order chi connectivity index (χ1) is 12.4. The number of rotatable bonds is 6. The van der Waals surface area contributed by atoms with Gasteiger partial charge in [0.25, 0.3) is 5.91 Å². The molecule has 1 amide bonds. The molecule has 0 saturated carbocycles. The van der Waals surface area contributed by atoms with E-state index in [9.17, 15) is 13.2 Å². The lowest BCUT2D eigenvalue weighted by molar-refractivity contribution is -0.134. The third kappa shape index (κ3) is 4.97. The van der Waals surface area contributed by atoms with Crippen LogP contribution in [0.25, 0.3) is 0 Å². The molecule has 1 N–H and O–H groups in total. The van der Waals surface area contributed by atoms with Crippen LogP contribution in [0.2, 0.25) is 5.02 Å². The van der Waals surface area contributed by atoms with Gasteiger partial charge in [0.1, 0.15) is 9.96 Å². The van der Waals surface area contributed by atoms with E-state index in [1.165, 1.54) is 11.3 Å². The zero-order valence-corrected chi connectivity index (χ0v) is 16.3. The van der Waals surface area contributed by atoms with Crippen molar-refractivity contribution in [2.24, 2.45) is 0 Å². The monoisotopic (exact) mass is 414 g/mol. The summed E-state index contributed by atoms with van der Waals surface area (Å²) in [6.07, 6.45) is 1.15. The Kier molecular flexibility index (Phi) is 6.18. The van der Waals surface area contributed by atoms with Gasteiger partial charge in [-0.25, -0.2) is 13.1 Å². The van der Waals surface area contributed by atoms with Gasteiger partial charge in [-0.2, -0.15) is 0 Å². The molecule has 0 atom stereocenters. The van der Waals surface area contributed by atoms with Crippen LogP contribution in [-0.4, -0.2) is 45.0 Å². The fraction of sp³-hybridized carbons (Fsp3) is 0.353. The summed E-state index contributed by atoms with van der Waals surface area (Å²) in [6.45, 7) is 0.927. The number of ether oxygens (including phenoxy) is 1. The smallest absolute Gasteiger partial charge is 0.260 e. The number of thiophene rings is 1. The number of halogens is 1. The topological polar surface area (TPSA) is 75.7 Å². The van der Waals surface area contributed by atoms with Gasteiger partial charge in [-0.3, -0.25) is 4.79 Å². The summed E-state index contributed by atoms with van der Waals surface area (Å²) >= 11 is 7.07. The Morgan fingerprint density at radius 2 is 2.04 bits per heavy atom. The summed E-state index contributed by atoms with van der Waals surface area (Å²) in [5.41, 5.74) is 0. The highest BCUT2D eigenvalue weighted by Gasteiger charge is 2.27. The maximum Gasteiger partial charge on any atom is 0.260 e. The van der Waals surface area contributed by atoms with Crippen LogP contribution in [0.3, 0.4) is 0 Å². The molecule has 1 aliphatic heterocycles. The molecular weight excluding hydrogens is 396 g/mol. The summed E-state index contributed by atoms with van der Waals surface area (Å²) in [6, 6.07) is 10.0. The minimum absolute atomic E-state index is 0.0636. The summed E-state index contributed by atoms with van der Waals surface area (Å²) < 4.78 is 33.0. The Hall–Kier alpha value is -1.61. The van der Waals surface area contributed by atoms with Gasteiger partial charge in [-0.05, 0) is 42.5 Å². The highest BCUT2D eigenvalue weighted by atomic mass is 35.5. The van der Waals surface area contributed by atoms with Gasteiger partial charge < -0.3 is 9.64 Å². The van der Waals surface area contributed by atoms with Crippen LogP contribution in [0.1, 0.15) is 12.8 Å². The molecule has 2 aromatic rings. The maximum atomic E-state index is 12.3. The molecule has 1 fully saturated rings. The number of amides is 1. The third-order valence-corrected chi connectivity index (χ3v) is 7.24. The van der Waals surface area contributed by atoms with E-state index in [2.05, 4.69) is 4.72 Å². The number of carbonyl (C=O) groups is 1. The lowest BCUT2D eigenvalue weighted by Crippen LogP contribution is -2.47. The number of nitrogens with one attached hydrogen (secondary N) is 1. The van der Waals surface area contributed by atoms with Gasteiger partial charge in [0.15, 0.2) is 6.61 Å². The van der Waals surface area contributed by atoms with Crippen molar-refractivity contribution in [1.82, 2.24) is 9.62 Å². The molecule has 9 heteroatoms. The molecule has 0 unspecified atom stereocenters. The number of hydrogen-bond donors (Lipinski definition) is 1. The van der Waals surface area contributed by atoms with Crippen LogP contribution in [0.5, 0.6) is 5.75 Å². The van der Waals surface area contributed by atoms with Gasteiger partial charge in [0, 0.05) is 24.2 Å². The first-order valence-electron chi connectivity index (χ1n) is 8.16. The molecule has 0 bridgehead atoms. The SMILES string of the molecule is O=C(COc1cccc(Cl)c1)N1CCC(NS(=O)(=O)c2cccs2)CC1. The number of piperidine rings is 1. The molecule has 0 radical (unpaired) electrons. The van der Waals surface area contributed by atoms with E-state index in [0.29, 0.717) is 40.9 Å². The second-order valence-electron chi connectivity index (χ2n) is 5.95. The van der Waals surface area contributed by atoms with Crippen LogP contribution in [-0.2, 0) is 14.8 Å². The molecule has 3 rings (SSSR count). The predicted octanol–water partition coefficient (Wildman–Crippen LogP) is 2.75. The van der Waals surface area contributed by atoms with Gasteiger partial charge >= 0.3 is 0 Å². The fourth-order valence-electron chi connectivity index (χ4n) is 2.73. The molecule has 1 saturated heterocycles. The molecule has 2 heterocycles. The van der Waals surface area contributed by atoms with Crippen molar-refractivity contribution in [2.75, 3.05) is 19.7 Å². The zero-order chi connectivity index (χ0) is 18.6. The Balaban J connectivity index is 1.46. The van der Waals surface area contributed by atoms with E-state index in [1.807, 2.05) is 0 Å². The number of benzene rings is 1. The lowest BCUT2D eigenvalue weighted by atomic mass is 10.1. The molecule has 0 spiro atoms. The van der Waals surface area contributed by atoms with Gasteiger partial charge in [-0.1, -0.05) is 23.7 Å². The number of nitrogens with zero attached hydrogens (tertiary/aromatic N) is 1. The van der Waals surface area contributed by atoms with E-state index in [-0.39, 0.29) is 18.6 Å². The Morgan fingerprint density at radius 3 is 2.69 bits per heavy atom. The van der Waals surface area contributed by atoms with E-state index < -0.39 is 10.0 Å². The van der Waals surface area contributed by atoms with Crippen molar-refractivity contribution in [3.63, 3.8) is 0 Å². The Labute approximate surface area is 161 Å². The molecule has 26 heavy (non-hydrogen) atoms. The molecule has 140 valence electrons. The summed E-state index contributed by atoms with van der Waals surface area (Å²) in [7, 11) is -3.48. The van der Waals surface area contributed by atoms with Crippen molar-refractivity contribution in [3.05, 3.63) is 46.8 Å². The molecule has 1 aromatic carbocycles. The second-order valence-corrected chi connectivity index (χ2v) is 9.28. The molecule has 0 aliphatic carbocycles. The first-order valence-corrected chi connectivity index (χ1v) is 10.9. The van der Waals surface area contributed by atoms with Gasteiger partial charge in [-0.15, -0.1) is 11.3 Å². The van der Waals surface area contributed by atoms with Crippen molar-refractivity contribution < 1.29 is 17.9 Å². The Morgan fingerprint density at radius 1 is 1.27 bits per heavy atom. The number of sulfonamides is 1. The second kappa shape index (κ2) is 8.39. The molecule has 6 nitrogen and oxygen atoms in total. The van der Waals surface area contributed by atoms with Gasteiger partial charge in [0.2, 0.25) is 10.0 Å². The van der Waals surface area contributed by atoms with Crippen molar-refractivity contribution >= 4 is 38.9 Å². The summed E-state index contributed by atoms with van der Waals surface area (Å²) in [4.78, 5) is 14.0. The van der Waals surface area contributed by atoms with Crippen LogP contribution in [0.15, 0.2) is 46.0 Å². The van der Waals surface area contributed by atoms with Crippen molar-refractivity contribution in [3.8, 4) is 5.75 Å². The quantitative estimate of drug-likeness (QED) is 0.788. The van der Waals surface area contributed by atoms with Crippen molar-refractivity contribution in [1.29, 1.82) is 0 Å². The molecule has 1 aliphatic rings. The molecule has 1 aromatic heterocycles. The average Bonchev–Trinajstić information content (AvgIpc) is 3.16. The highest BCUT2D eigenvalue weighted by molar-refractivity contribution is 7.91. The Bertz CT molecular complexity index is 847. The predicted molar refractivity (Wildman–Crippen MR) is 101 cm³/mol. The van der Waals surface area contributed by atoms with Crippen LogP contribution in [0, 0.1) is 0 Å². The van der Waals surface area contributed by atoms with E-state index >= 15 is 0 Å². The summed E-state index contributed by atoms with van der Waals surface area (Å²) in [5.74, 6) is 0.425. The highest BCUT2D eigenvalue weighted by Crippen LogP contribution is 2.20. The van der Waals surface area contributed by atoms with E-state index in [1.54, 1.807) is 46.7 Å². The van der Waals surface area contributed by atoms with Gasteiger partial charge in [0.05, 0.1) is 0 Å². The zero-order valence-electron chi connectivity index (χ0n) is 13.9. The normalized spacial score (nSPS) is 15.8. The standard InChI is InChI=1S/C17H19ClN2O4S2/c18-13-3-1-4-15(11-13)24-12-16(21)20-8-6-14(7-9-20)19-26(22,23)17-5-2-10-25-17/h1-5,10-11,14,19H,6-9,12H2. The fourth-order valence-corrected chi connectivity index (χ4v) is 5.23. The first kappa shape index (κ1) is 19.2. The van der Waals surface area contributed by atoms with Crippen LogP contribution in [0.4, 0.5) is 0 Å². The largest absolute Gasteiger partial charge is 0.484 e. The summed E-state index contributed by atoms with van der Waals surface area (Å²) in [5, 5.41) is 2.28. The number of likely N-dealkylation sites (tertiary alicyclic amines) is 1. The number of hydrogen-bond acceptors (Lipinski definition) is 5. The van der Waals surface area contributed by atoms with Crippen LogP contribution < -0.4 is 9.46 Å². The third-order valence-electron chi connectivity index (χ3n) is 4.09.